The Morgan fingerprint density at radius 1 is 1.00 bits per heavy atom. The molecule has 2 aromatic carbocycles. The molecular weight excluding hydrogens is 374 g/mol. The summed E-state index contributed by atoms with van der Waals surface area (Å²) >= 11 is 1.47. The number of rotatable bonds is 6. The van der Waals surface area contributed by atoms with E-state index in [1.54, 1.807) is 18.9 Å². The molecule has 4 rings (SSSR count). The zero-order chi connectivity index (χ0) is 19.5. The van der Waals surface area contributed by atoms with Gasteiger partial charge in [0.2, 0.25) is 0 Å². The van der Waals surface area contributed by atoms with E-state index in [-0.39, 0.29) is 0 Å². The third kappa shape index (κ3) is 3.60. The first-order valence-corrected chi connectivity index (χ1v) is 9.41. The van der Waals surface area contributed by atoms with Gasteiger partial charge in [-0.1, -0.05) is 28.7 Å². The van der Waals surface area contributed by atoms with E-state index in [1.165, 1.54) is 11.3 Å². The van der Waals surface area contributed by atoms with Gasteiger partial charge in [-0.2, -0.15) is 0 Å². The fourth-order valence-corrected chi connectivity index (χ4v) is 3.74. The van der Waals surface area contributed by atoms with E-state index in [0.29, 0.717) is 11.7 Å². The van der Waals surface area contributed by atoms with Gasteiger partial charge in [-0.25, -0.2) is 9.67 Å². The molecule has 0 bridgehead atoms. The molecule has 0 atom stereocenters. The van der Waals surface area contributed by atoms with Crippen molar-refractivity contribution >= 4 is 16.5 Å². The fraction of sp³-hybridized carbons (Fsp3) is 0.150. The molecule has 8 heteroatoms. The van der Waals surface area contributed by atoms with E-state index >= 15 is 0 Å². The monoisotopic (exact) mass is 393 g/mol. The lowest BCUT2D eigenvalue weighted by atomic mass is 10.1. The summed E-state index contributed by atoms with van der Waals surface area (Å²) < 4.78 is 12.0. The van der Waals surface area contributed by atoms with Gasteiger partial charge in [-0.05, 0) is 42.0 Å². The minimum atomic E-state index is 0.434. The number of aromatic nitrogens is 4. The van der Waals surface area contributed by atoms with Gasteiger partial charge in [0.05, 0.1) is 36.2 Å². The highest BCUT2D eigenvalue weighted by molar-refractivity contribution is 7.19. The van der Waals surface area contributed by atoms with Crippen LogP contribution in [0.5, 0.6) is 5.75 Å². The zero-order valence-electron chi connectivity index (χ0n) is 15.5. The standard InChI is InChI=1S/C20H19N5O2S/c1-26-12-15-11-25(24-23-15)16-7-3-14(4-8-16)19-18(22-20(21)28-19)13-5-9-17(27-2)10-6-13/h3-11H,12H2,1-2H3,(H2,21,22). The van der Waals surface area contributed by atoms with Crippen molar-refractivity contribution in [3.63, 3.8) is 0 Å². The molecule has 0 saturated carbocycles. The number of nitrogens with zero attached hydrogens (tertiary/aromatic N) is 4. The average molecular weight is 393 g/mol. The number of anilines is 1. The van der Waals surface area contributed by atoms with Crippen LogP contribution in [0.4, 0.5) is 5.13 Å². The maximum atomic E-state index is 6.01. The molecule has 0 radical (unpaired) electrons. The third-order valence-electron chi connectivity index (χ3n) is 4.23. The quantitative estimate of drug-likeness (QED) is 0.536. The van der Waals surface area contributed by atoms with Crippen molar-refractivity contribution in [1.82, 2.24) is 20.0 Å². The Bertz CT molecular complexity index is 1070. The number of methoxy groups -OCH3 is 2. The third-order valence-corrected chi connectivity index (χ3v) is 5.17. The number of hydrogen-bond acceptors (Lipinski definition) is 7. The molecule has 2 aromatic heterocycles. The first-order valence-electron chi connectivity index (χ1n) is 8.59. The lowest BCUT2D eigenvalue weighted by molar-refractivity contribution is 0.181. The summed E-state index contributed by atoms with van der Waals surface area (Å²) in [7, 11) is 3.28. The van der Waals surface area contributed by atoms with E-state index in [0.717, 1.165) is 38.8 Å². The van der Waals surface area contributed by atoms with Crippen molar-refractivity contribution in [3.05, 3.63) is 60.4 Å². The molecule has 28 heavy (non-hydrogen) atoms. The normalized spacial score (nSPS) is 10.9. The van der Waals surface area contributed by atoms with Gasteiger partial charge < -0.3 is 15.2 Å². The van der Waals surface area contributed by atoms with Crippen LogP contribution in [0.25, 0.3) is 27.4 Å². The summed E-state index contributed by atoms with van der Waals surface area (Å²) in [6.07, 6.45) is 1.85. The summed E-state index contributed by atoms with van der Waals surface area (Å²) in [5.41, 5.74) is 10.6. The smallest absolute Gasteiger partial charge is 0.181 e. The van der Waals surface area contributed by atoms with Crippen molar-refractivity contribution < 1.29 is 9.47 Å². The predicted octanol–water partition coefficient (Wildman–Crippen LogP) is 3.80. The van der Waals surface area contributed by atoms with E-state index in [1.807, 2.05) is 54.7 Å². The summed E-state index contributed by atoms with van der Waals surface area (Å²) in [6.45, 7) is 0.434. The van der Waals surface area contributed by atoms with Crippen LogP contribution in [0, 0.1) is 0 Å². The van der Waals surface area contributed by atoms with Gasteiger partial charge in [0.25, 0.3) is 0 Å². The van der Waals surface area contributed by atoms with Gasteiger partial charge in [0.15, 0.2) is 5.13 Å². The van der Waals surface area contributed by atoms with Crippen LogP contribution in [0.3, 0.4) is 0 Å². The number of thiazole rings is 1. The molecule has 0 amide bonds. The molecule has 7 nitrogen and oxygen atoms in total. The second kappa shape index (κ2) is 7.79. The van der Waals surface area contributed by atoms with Crippen LogP contribution in [-0.4, -0.2) is 34.2 Å². The van der Waals surface area contributed by atoms with Gasteiger partial charge >= 0.3 is 0 Å². The number of benzene rings is 2. The molecule has 142 valence electrons. The van der Waals surface area contributed by atoms with E-state index in [9.17, 15) is 0 Å². The van der Waals surface area contributed by atoms with Crippen LogP contribution in [-0.2, 0) is 11.3 Å². The topological polar surface area (TPSA) is 88.1 Å². The number of hydrogen-bond donors (Lipinski definition) is 1. The minimum absolute atomic E-state index is 0.434. The zero-order valence-corrected chi connectivity index (χ0v) is 16.3. The average Bonchev–Trinajstić information content (AvgIpc) is 3.35. The molecule has 0 saturated heterocycles. The molecule has 0 aliphatic carbocycles. The highest BCUT2D eigenvalue weighted by Crippen LogP contribution is 2.38. The minimum Gasteiger partial charge on any atom is -0.497 e. The molecular formula is C20H19N5O2S. The predicted molar refractivity (Wildman–Crippen MR) is 110 cm³/mol. The Hall–Kier alpha value is -3.23. The van der Waals surface area contributed by atoms with Crippen LogP contribution in [0.15, 0.2) is 54.7 Å². The Balaban J connectivity index is 1.65. The molecule has 0 unspecified atom stereocenters. The van der Waals surface area contributed by atoms with Crippen molar-refractivity contribution in [2.45, 2.75) is 6.61 Å². The van der Waals surface area contributed by atoms with Gasteiger partial charge in [-0.3, -0.25) is 0 Å². The first-order chi connectivity index (χ1) is 13.7. The van der Waals surface area contributed by atoms with Gasteiger partial charge in [-0.15, -0.1) is 5.10 Å². The summed E-state index contributed by atoms with van der Waals surface area (Å²) in [6, 6.07) is 15.9. The highest BCUT2D eigenvalue weighted by atomic mass is 32.1. The van der Waals surface area contributed by atoms with Crippen LogP contribution >= 0.6 is 11.3 Å². The number of nitrogens with two attached hydrogens (primary N) is 1. The van der Waals surface area contributed by atoms with Gasteiger partial charge in [0, 0.05) is 12.7 Å². The lowest BCUT2D eigenvalue weighted by Gasteiger charge is -2.06. The van der Waals surface area contributed by atoms with Crippen molar-refractivity contribution in [2.75, 3.05) is 20.0 Å². The first kappa shape index (κ1) is 18.1. The fourth-order valence-electron chi connectivity index (χ4n) is 2.88. The van der Waals surface area contributed by atoms with E-state index in [2.05, 4.69) is 15.3 Å². The Kier molecular flexibility index (Phi) is 5.05. The largest absolute Gasteiger partial charge is 0.497 e. The Morgan fingerprint density at radius 3 is 2.39 bits per heavy atom. The SMILES string of the molecule is COCc1cn(-c2ccc(-c3sc(N)nc3-c3ccc(OC)cc3)cc2)nn1. The molecule has 2 N–H and O–H groups in total. The second-order valence-corrected chi connectivity index (χ2v) is 7.12. The number of nitrogen functional groups attached to an aromatic ring is 1. The highest BCUT2D eigenvalue weighted by Gasteiger charge is 2.14. The van der Waals surface area contributed by atoms with E-state index < -0.39 is 0 Å². The molecule has 0 fully saturated rings. The van der Waals surface area contributed by atoms with Crippen molar-refractivity contribution in [3.8, 4) is 33.1 Å². The lowest BCUT2D eigenvalue weighted by Crippen LogP contribution is -1.94. The van der Waals surface area contributed by atoms with Crippen LogP contribution in [0.2, 0.25) is 0 Å². The molecule has 0 spiro atoms. The van der Waals surface area contributed by atoms with E-state index in [4.69, 9.17) is 15.2 Å². The summed E-state index contributed by atoms with van der Waals surface area (Å²) in [5.74, 6) is 0.804. The van der Waals surface area contributed by atoms with Crippen molar-refractivity contribution in [2.24, 2.45) is 0 Å². The Morgan fingerprint density at radius 2 is 1.71 bits per heavy atom. The maximum Gasteiger partial charge on any atom is 0.181 e. The Labute approximate surface area is 166 Å². The summed E-state index contributed by atoms with van der Waals surface area (Å²) in [5, 5.41) is 8.76. The second-order valence-electron chi connectivity index (χ2n) is 6.09. The van der Waals surface area contributed by atoms with Crippen molar-refractivity contribution in [1.29, 1.82) is 0 Å². The van der Waals surface area contributed by atoms with Crippen LogP contribution < -0.4 is 10.5 Å². The molecule has 0 aliphatic heterocycles. The molecule has 4 aromatic rings. The molecule has 0 aliphatic rings. The molecule has 2 heterocycles. The number of ether oxygens (including phenoxy) is 2. The van der Waals surface area contributed by atoms with Gasteiger partial charge in [0.1, 0.15) is 11.4 Å². The summed E-state index contributed by atoms with van der Waals surface area (Å²) in [4.78, 5) is 5.55. The van der Waals surface area contributed by atoms with Crippen LogP contribution in [0.1, 0.15) is 5.69 Å². The maximum absolute atomic E-state index is 6.01.